The van der Waals surface area contributed by atoms with Crippen molar-refractivity contribution in [2.45, 2.75) is 0 Å². The van der Waals surface area contributed by atoms with E-state index < -0.39 is 28.8 Å². The molecule has 0 saturated carbocycles. The maximum absolute atomic E-state index is 13.4. The minimum absolute atomic E-state index is 0.157. The summed E-state index contributed by atoms with van der Waals surface area (Å²) in [6, 6.07) is 7.37. The molecule has 0 aliphatic carbocycles. The lowest BCUT2D eigenvalue weighted by atomic mass is 10.0. The van der Waals surface area contributed by atoms with Crippen molar-refractivity contribution in [1.29, 1.82) is 0 Å². The maximum Gasteiger partial charge on any atom is 0.198 e. The van der Waals surface area contributed by atoms with Gasteiger partial charge in [0.25, 0.3) is 0 Å². The Balaban J connectivity index is 2.64. The fraction of sp³-hybridized carbons (Fsp3) is 0. The first kappa shape index (κ1) is 11.9. The third kappa shape index (κ3) is 2.13. The molecule has 2 rings (SSSR count). The molecular weight excluding hydrogens is 256 g/mol. The van der Waals surface area contributed by atoms with Crippen molar-refractivity contribution in [3.8, 4) is 11.1 Å². The van der Waals surface area contributed by atoms with Crippen LogP contribution in [0.5, 0.6) is 0 Å². The van der Waals surface area contributed by atoms with Gasteiger partial charge in [-0.3, -0.25) is 0 Å². The minimum Gasteiger partial charge on any atom is -0.203 e. The SMILES string of the molecule is Fc1[c]c(-c2ccc(Cl)cc2)c(F)c(F)c1F. The van der Waals surface area contributed by atoms with Gasteiger partial charge in [-0.25, -0.2) is 17.6 Å². The van der Waals surface area contributed by atoms with E-state index in [1.165, 1.54) is 24.3 Å². The molecule has 0 amide bonds. The molecule has 0 spiro atoms. The van der Waals surface area contributed by atoms with Crippen LogP contribution < -0.4 is 0 Å². The predicted octanol–water partition coefficient (Wildman–Crippen LogP) is 4.36. The van der Waals surface area contributed by atoms with Crippen LogP contribution in [0.25, 0.3) is 11.1 Å². The summed E-state index contributed by atoms with van der Waals surface area (Å²) in [7, 11) is 0. The molecule has 1 radical (unpaired) electrons. The Morgan fingerprint density at radius 2 is 1.41 bits per heavy atom. The van der Waals surface area contributed by atoms with Crippen molar-refractivity contribution >= 4 is 11.6 Å². The third-order valence-electron chi connectivity index (χ3n) is 2.17. The lowest BCUT2D eigenvalue weighted by molar-refractivity contribution is 0.410. The van der Waals surface area contributed by atoms with Crippen molar-refractivity contribution in [1.82, 2.24) is 0 Å². The number of hydrogen-bond acceptors (Lipinski definition) is 0. The van der Waals surface area contributed by atoms with Crippen LogP contribution >= 0.6 is 11.6 Å². The molecule has 0 unspecified atom stereocenters. The molecule has 5 heteroatoms. The van der Waals surface area contributed by atoms with Crippen molar-refractivity contribution in [3.63, 3.8) is 0 Å². The zero-order valence-electron chi connectivity index (χ0n) is 8.20. The monoisotopic (exact) mass is 259 g/mol. The zero-order valence-corrected chi connectivity index (χ0v) is 8.96. The second-order valence-corrected chi connectivity index (χ2v) is 3.70. The van der Waals surface area contributed by atoms with Crippen LogP contribution in [0.15, 0.2) is 24.3 Å². The number of rotatable bonds is 1. The number of halogens is 5. The van der Waals surface area contributed by atoms with Crippen LogP contribution in [0.2, 0.25) is 5.02 Å². The summed E-state index contributed by atoms with van der Waals surface area (Å²) in [5, 5.41) is 0.386. The topological polar surface area (TPSA) is 0 Å². The Labute approximate surface area is 99.5 Å². The largest absolute Gasteiger partial charge is 0.203 e. The second kappa shape index (κ2) is 4.37. The zero-order chi connectivity index (χ0) is 12.6. The third-order valence-corrected chi connectivity index (χ3v) is 2.42. The Bertz CT molecular complexity index is 564. The molecule has 0 heterocycles. The van der Waals surface area contributed by atoms with Gasteiger partial charge >= 0.3 is 0 Å². The molecule has 0 atom stereocenters. The highest BCUT2D eigenvalue weighted by atomic mass is 35.5. The average molecular weight is 260 g/mol. The molecule has 2 aromatic rings. The van der Waals surface area contributed by atoms with E-state index in [0.717, 1.165) is 0 Å². The van der Waals surface area contributed by atoms with Gasteiger partial charge in [-0.1, -0.05) is 23.7 Å². The van der Waals surface area contributed by atoms with E-state index in [1.807, 2.05) is 6.07 Å². The summed E-state index contributed by atoms with van der Waals surface area (Å²) in [6.07, 6.45) is 0. The summed E-state index contributed by atoms with van der Waals surface area (Å²) in [6.45, 7) is 0. The van der Waals surface area contributed by atoms with E-state index in [2.05, 4.69) is 0 Å². The molecule has 0 aliphatic heterocycles. The lowest BCUT2D eigenvalue weighted by Crippen LogP contribution is -1.98. The Kier molecular flexibility index (Phi) is 3.07. The van der Waals surface area contributed by atoms with Crippen molar-refractivity contribution in [2.24, 2.45) is 0 Å². The van der Waals surface area contributed by atoms with Gasteiger partial charge in [-0.2, -0.15) is 0 Å². The number of benzene rings is 2. The molecule has 0 N–H and O–H groups in total. The summed E-state index contributed by atoms with van der Waals surface area (Å²) in [4.78, 5) is 0. The standard InChI is InChI=1S/C12H4ClF4/c13-7-3-1-6(2-4-7)8-5-9(14)11(16)12(17)10(8)15/h1-4H. The molecular formula is C12H4ClF4. The molecule has 0 fully saturated rings. The van der Waals surface area contributed by atoms with E-state index in [4.69, 9.17) is 11.6 Å². The van der Waals surface area contributed by atoms with Crippen molar-refractivity contribution in [2.75, 3.05) is 0 Å². The van der Waals surface area contributed by atoms with Gasteiger partial charge < -0.3 is 0 Å². The fourth-order valence-corrected chi connectivity index (χ4v) is 1.46. The van der Waals surface area contributed by atoms with Crippen LogP contribution in [0.1, 0.15) is 0 Å². The van der Waals surface area contributed by atoms with Gasteiger partial charge in [0.15, 0.2) is 23.3 Å². The Hall–Kier alpha value is -1.55. The van der Waals surface area contributed by atoms with E-state index in [0.29, 0.717) is 5.02 Å². The summed E-state index contributed by atoms with van der Waals surface area (Å²) < 4.78 is 52.0. The molecule has 2 aromatic carbocycles. The number of hydrogen-bond donors (Lipinski definition) is 0. The quantitative estimate of drug-likeness (QED) is 0.405. The van der Waals surface area contributed by atoms with Crippen LogP contribution in [-0.2, 0) is 0 Å². The molecule has 87 valence electrons. The van der Waals surface area contributed by atoms with Crippen molar-refractivity contribution < 1.29 is 17.6 Å². The van der Waals surface area contributed by atoms with Crippen LogP contribution in [0.4, 0.5) is 17.6 Å². The van der Waals surface area contributed by atoms with Gasteiger partial charge in [-0.15, -0.1) is 0 Å². The molecule has 0 nitrogen and oxygen atoms in total. The van der Waals surface area contributed by atoms with Crippen LogP contribution in [0, 0.1) is 29.3 Å². The second-order valence-electron chi connectivity index (χ2n) is 3.26. The van der Waals surface area contributed by atoms with E-state index in [1.54, 1.807) is 0 Å². The van der Waals surface area contributed by atoms with E-state index in [9.17, 15) is 17.6 Å². The van der Waals surface area contributed by atoms with Crippen LogP contribution in [-0.4, -0.2) is 0 Å². The lowest BCUT2D eigenvalue weighted by Gasteiger charge is -2.05. The Morgan fingerprint density at radius 1 is 0.824 bits per heavy atom. The van der Waals surface area contributed by atoms with E-state index >= 15 is 0 Å². The highest BCUT2D eigenvalue weighted by molar-refractivity contribution is 6.30. The summed E-state index contributed by atoms with van der Waals surface area (Å²) in [5.74, 6) is -6.77. The average Bonchev–Trinajstić information content (AvgIpc) is 2.32. The van der Waals surface area contributed by atoms with Gasteiger partial charge in [-0.05, 0) is 17.7 Å². The Morgan fingerprint density at radius 3 is 2.00 bits per heavy atom. The molecule has 17 heavy (non-hydrogen) atoms. The van der Waals surface area contributed by atoms with Crippen molar-refractivity contribution in [3.05, 3.63) is 58.6 Å². The normalized spacial score (nSPS) is 10.6. The van der Waals surface area contributed by atoms with Gasteiger partial charge in [0.05, 0.1) is 0 Å². The summed E-state index contributed by atoms with van der Waals surface area (Å²) >= 11 is 5.61. The fourth-order valence-electron chi connectivity index (χ4n) is 1.34. The van der Waals surface area contributed by atoms with Crippen LogP contribution in [0.3, 0.4) is 0 Å². The summed E-state index contributed by atoms with van der Waals surface area (Å²) in [5.41, 5.74) is -0.317. The smallest absolute Gasteiger partial charge is 0.198 e. The van der Waals surface area contributed by atoms with Gasteiger partial charge in [0.2, 0.25) is 0 Å². The first-order valence-electron chi connectivity index (χ1n) is 4.52. The van der Waals surface area contributed by atoms with E-state index in [-0.39, 0.29) is 5.56 Å². The van der Waals surface area contributed by atoms with Gasteiger partial charge in [0.1, 0.15) is 0 Å². The first-order chi connectivity index (χ1) is 8.00. The molecule has 0 aromatic heterocycles. The maximum atomic E-state index is 13.4. The molecule has 0 saturated heterocycles. The molecule has 0 bridgehead atoms. The minimum atomic E-state index is -1.87. The highest BCUT2D eigenvalue weighted by Gasteiger charge is 2.20. The molecule has 0 aliphatic rings. The first-order valence-corrected chi connectivity index (χ1v) is 4.89. The van der Waals surface area contributed by atoms with Gasteiger partial charge in [0, 0.05) is 16.7 Å². The highest BCUT2D eigenvalue weighted by Crippen LogP contribution is 2.28. The predicted molar refractivity (Wildman–Crippen MR) is 55.6 cm³/mol.